The molecule has 0 aromatic heterocycles. The highest BCUT2D eigenvalue weighted by Gasteiger charge is 2.37. The van der Waals surface area contributed by atoms with Crippen LogP contribution in [0.25, 0.3) is 0 Å². The number of hydrogen-bond donors (Lipinski definition) is 2. The largest absolute Gasteiger partial charge is 0.445 e. The van der Waals surface area contributed by atoms with Crippen molar-refractivity contribution in [3.63, 3.8) is 0 Å². The highest BCUT2D eigenvalue weighted by Crippen LogP contribution is 2.30. The number of hydrogen-bond acceptors (Lipinski definition) is 5. The highest BCUT2D eigenvalue weighted by atomic mass is 16.5. The predicted molar refractivity (Wildman–Crippen MR) is 133 cm³/mol. The number of ether oxygens (including phenoxy) is 1. The number of likely N-dealkylation sites (N-methyl/N-ethyl adjacent to an activating group) is 1. The molecule has 1 aliphatic heterocycles. The van der Waals surface area contributed by atoms with Crippen LogP contribution < -0.4 is 10.6 Å². The summed E-state index contributed by atoms with van der Waals surface area (Å²) in [5.41, 5.74) is 1.68. The molecule has 0 spiro atoms. The number of ketones is 1. The van der Waals surface area contributed by atoms with E-state index in [-0.39, 0.29) is 24.3 Å². The Kier molecular flexibility index (Phi) is 8.72. The van der Waals surface area contributed by atoms with Gasteiger partial charge in [0.1, 0.15) is 12.6 Å². The summed E-state index contributed by atoms with van der Waals surface area (Å²) in [6.07, 6.45) is 6.70. The van der Waals surface area contributed by atoms with Crippen molar-refractivity contribution in [1.82, 2.24) is 15.5 Å². The Labute approximate surface area is 203 Å². The Hall–Kier alpha value is -2.70. The maximum Gasteiger partial charge on any atom is 0.408 e. The number of likely N-dealkylation sites (tertiary alicyclic amines) is 1. The minimum atomic E-state index is -0.755. The first-order valence-corrected chi connectivity index (χ1v) is 12.6. The van der Waals surface area contributed by atoms with Crippen molar-refractivity contribution >= 4 is 11.9 Å². The second kappa shape index (κ2) is 12.1. The molecule has 0 bridgehead atoms. The summed E-state index contributed by atoms with van der Waals surface area (Å²) in [4.78, 5) is 29.1. The molecule has 4 rings (SSSR count). The molecule has 1 heterocycles. The standard InChI is InChI=1S/C28H37N3O3/c1-29-25(23-16-18-31(19-17-23)24-14-8-9-15-24)27(32)26(22-12-6-3-7-13-22)30-28(33)34-20-21-10-4-2-5-11-21/h2-7,10-13,23-26,29H,8-9,14-20H2,1H3,(H,30,33)/t25?,26-/m1/s1. The van der Waals surface area contributed by atoms with Crippen molar-refractivity contribution in [2.24, 2.45) is 5.92 Å². The van der Waals surface area contributed by atoms with Crippen LogP contribution in [-0.4, -0.2) is 49.0 Å². The Morgan fingerprint density at radius 1 is 0.941 bits per heavy atom. The quantitative estimate of drug-likeness (QED) is 0.574. The molecule has 2 aliphatic rings. The van der Waals surface area contributed by atoms with Crippen LogP contribution in [-0.2, 0) is 16.1 Å². The Morgan fingerprint density at radius 2 is 1.56 bits per heavy atom. The summed E-state index contributed by atoms with van der Waals surface area (Å²) in [7, 11) is 1.85. The van der Waals surface area contributed by atoms with Crippen LogP contribution in [0.4, 0.5) is 4.79 Å². The molecule has 6 nitrogen and oxygen atoms in total. The lowest BCUT2D eigenvalue weighted by Crippen LogP contribution is -2.51. The molecular formula is C28H37N3O3. The maximum absolute atomic E-state index is 13.8. The Bertz CT molecular complexity index is 907. The van der Waals surface area contributed by atoms with Crippen LogP contribution in [0.1, 0.15) is 55.7 Å². The topological polar surface area (TPSA) is 70.7 Å². The summed E-state index contributed by atoms with van der Waals surface area (Å²) < 4.78 is 5.43. The Morgan fingerprint density at radius 3 is 2.18 bits per heavy atom. The maximum atomic E-state index is 13.8. The van der Waals surface area contributed by atoms with E-state index in [1.165, 1.54) is 25.7 Å². The zero-order chi connectivity index (χ0) is 23.8. The van der Waals surface area contributed by atoms with Gasteiger partial charge in [0.15, 0.2) is 5.78 Å². The van der Waals surface area contributed by atoms with Crippen molar-refractivity contribution in [1.29, 1.82) is 0 Å². The van der Waals surface area contributed by atoms with Crippen LogP contribution in [0.3, 0.4) is 0 Å². The number of benzene rings is 2. The van der Waals surface area contributed by atoms with E-state index < -0.39 is 12.1 Å². The van der Waals surface area contributed by atoms with E-state index in [1.54, 1.807) is 0 Å². The molecule has 2 fully saturated rings. The number of piperidine rings is 1. The third-order valence-corrected chi connectivity index (χ3v) is 7.40. The van der Waals surface area contributed by atoms with E-state index >= 15 is 0 Å². The molecule has 1 saturated carbocycles. The van der Waals surface area contributed by atoms with Gasteiger partial charge in [0.25, 0.3) is 0 Å². The molecule has 2 aromatic rings. The SMILES string of the molecule is CNC(C(=O)[C@H](NC(=O)OCc1ccccc1)c1ccccc1)C1CCN(C2CCCC2)CC1. The zero-order valence-electron chi connectivity index (χ0n) is 20.1. The van der Waals surface area contributed by atoms with Crippen LogP contribution in [0.2, 0.25) is 0 Å². The van der Waals surface area contributed by atoms with E-state index in [9.17, 15) is 9.59 Å². The van der Waals surface area contributed by atoms with Crippen LogP contribution >= 0.6 is 0 Å². The summed E-state index contributed by atoms with van der Waals surface area (Å²) in [5.74, 6) is 0.244. The van der Waals surface area contributed by atoms with E-state index in [1.807, 2.05) is 67.7 Å². The van der Waals surface area contributed by atoms with Gasteiger partial charge in [-0.1, -0.05) is 73.5 Å². The number of nitrogens with one attached hydrogen (secondary N) is 2. The zero-order valence-corrected chi connectivity index (χ0v) is 20.1. The summed E-state index contributed by atoms with van der Waals surface area (Å²) in [6, 6.07) is 18.7. The van der Waals surface area contributed by atoms with Gasteiger partial charge in [-0.25, -0.2) is 4.79 Å². The number of alkyl carbamates (subject to hydrolysis) is 1. The number of Topliss-reactive ketones (excluding diaryl/α,β-unsaturated/α-hetero) is 1. The molecule has 0 radical (unpaired) electrons. The predicted octanol–water partition coefficient (Wildman–Crippen LogP) is 4.47. The lowest BCUT2D eigenvalue weighted by atomic mass is 9.83. The molecule has 182 valence electrons. The van der Waals surface area contributed by atoms with Gasteiger partial charge in [-0.3, -0.25) is 4.79 Å². The summed E-state index contributed by atoms with van der Waals surface area (Å²) in [6.45, 7) is 2.25. The van der Waals surface area contributed by atoms with Crippen molar-refractivity contribution < 1.29 is 14.3 Å². The monoisotopic (exact) mass is 463 g/mol. The van der Waals surface area contributed by atoms with Crippen molar-refractivity contribution in [3.05, 3.63) is 71.8 Å². The fourth-order valence-corrected chi connectivity index (χ4v) is 5.52. The minimum Gasteiger partial charge on any atom is -0.445 e. The fourth-order valence-electron chi connectivity index (χ4n) is 5.52. The minimum absolute atomic E-state index is 0.00956. The van der Waals surface area contributed by atoms with Crippen molar-refractivity contribution in [3.8, 4) is 0 Å². The number of carbonyl (C=O) groups excluding carboxylic acids is 2. The van der Waals surface area contributed by atoms with Gasteiger partial charge >= 0.3 is 6.09 Å². The van der Waals surface area contributed by atoms with Crippen molar-refractivity contribution in [2.75, 3.05) is 20.1 Å². The second-order valence-electron chi connectivity index (χ2n) is 9.53. The van der Waals surface area contributed by atoms with Gasteiger partial charge < -0.3 is 20.3 Å². The van der Waals surface area contributed by atoms with Crippen LogP contribution in [0.5, 0.6) is 0 Å². The van der Waals surface area contributed by atoms with Gasteiger partial charge in [0.05, 0.1) is 6.04 Å². The molecule has 1 aliphatic carbocycles. The first-order valence-electron chi connectivity index (χ1n) is 12.6. The number of nitrogens with zero attached hydrogens (tertiary/aromatic N) is 1. The van der Waals surface area contributed by atoms with E-state index in [2.05, 4.69) is 15.5 Å². The van der Waals surface area contributed by atoms with Gasteiger partial charge in [0.2, 0.25) is 0 Å². The van der Waals surface area contributed by atoms with E-state index in [0.717, 1.165) is 43.1 Å². The fraction of sp³-hybridized carbons (Fsp3) is 0.500. The smallest absolute Gasteiger partial charge is 0.408 e. The molecule has 1 saturated heterocycles. The normalized spacial score (nSPS) is 19.4. The Balaban J connectivity index is 1.41. The second-order valence-corrected chi connectivity index (χ2v) is 9.53. The molecule has 2 N–H and O–H groups in total. The van der Waals surface area contributed by atoms with Crippen LogP contribution in [0, 0.1) is 5.92 Å². The van der Waals surface area contributed by atoms with E-state index in [0.29, 0.717) is 0 Å². The number of rotatable bonds is 9. The molecule has 34 heavy (non-hydrogen) atoms. The summed E-state index contributed by atoms with van der Waals surface area (Å²) >= 11 is 0. The van der Waals surface area contributed by atoms with Gasteiger partial charge in [-0.05, 0) is 62.9 Å². The molecule has 2 aromatic carbocycles. The highest BCUT2D eigenvalue weighted by molar-refractivity contribution is 5.92. The molecule has 1 unspecified atom stereocenters. The molecule has 6 heteroatoms. The molecule has 1 amide bonds. The first kappa shape index (κ1) is 24.4. The van der Waals surface area contributed by atoms with Gasteiger partial charge in [0, 0.05) is 6.04 Å². The third kappa shape index (κ3) is 6.24. The number of amides is 1. The lowest BCUT2D eigenvalue weighted by Gasteiger charge is -2.39. The average Bonchev–Trinajstić information content (AvgIpc) is 3.43. The van der Waals surface area contributed by atoms with Gasteiger partial charge in [-0.2, -0.15) is 0 Å². The molecule has 2 atom stereocenters. The van der Waals surface area contributed by atoms with Gasteiger partial charge in [-0.15, -0.1) is 0 Å². The average molecular weight is 464 g/mol. The third-order valence-electron chi connectivity index (χ3n) is 7.40. The summed E-state index contributed by atoms with van der Waals surface area (Å²) in [5, 5.41) is 6.13. The van der Waals surface area contributed by atoms with Crippen LogP contribution in [0.15, 0.2) is 60.7 Å². The van der Waals surface area contributed by atoms with E-state index in [4.69, 9.17) is 4.74 Å². The van der Waals surface area contributed by atoms with Crippen molar-refractivity contribution in [2.45, 2.75) is 63.3 Å². The molecular weight excluding hydrogens is 426 g/mol. The lowest BCUT2D eigenvalue weighted by molar-refractivity contribution is -0.125. The first-order chi connectivity index (χ1) is 16.7. The number of carbonyl (C=O) groups is 2.